The third kappa shape index (κ3) is 2.87. The number of thiophene rings is 1. The van der Waals surface area contributed by atoms with E-state index < -0.39 is 0 Å². The molecule has 0 radical (unpaired) electrons. The van der Waals surface area contributed by atoms with Crippen molar-refractivity contribution >= 4 is 11.3 Å². The van der Waals surface area contributed by atoms with E-state index in [4.69, 9.17) is 10.3 Å². The molecule has 80 valence electrons. The third-order valence-corrected chi connectivity index (χ3v) is 2.68. The molecular formula is C10H13N3OS. The van der Waals surface area contributed by atoms with E-state index in [9.17, 15) is 0 Å². The summed E-state index contributed by atoms with van der Waals surface area (Å²) >= 11 is 1.67. The fraction of sp³-hybridized carbons (Fsp3) is 0.400. The SMILES string of the molecule is CC(N)Cc1noc(Cc2ccsc2)n1. The first-order valence-electron chi connectivity index (χ1n) is 4.82. The maximum Gasteiger partial charge on any atom is 0.231 e. The van der Waals surface area contributed by atoms with E-state index in [-0.39, 0.29) is 6.04 Å². The summed E-state index contributed by atoms with van der Waals surface area (Å²) in [7, 11) is 0. The van der Waals surface area contributed by atoms with Gasteiger partial charge in [-0.2, -0.15) is 16.3 Å². The van der Waals surface area contributed by atoms with Crippen LogP contribution in [0.15, 0.2) is 21.3 Å². The van der Waals surface area contributed by atoms with Gasteiger partial charge >= 0.3 is 0 Å². The standard InChI is InChI=1S/C10H13N3OS/c1-7(11)4-9-12-10(14-13-9)5-8-2-3-15-6-8/h2-3,6-7H,4-5,11H2,1H3. The van der Waals surface area contributed by atoms with Crippen LogP contribution in [0.25, 0.3) is 0 Å². The first-order chi connectivity index (χ1) is 7.24. The van der Waals surface area contributed by atoms with Crippen LogP contribution in [-0.4, -0.2) is 16.2 Å². The molecule has 0 amide bonds. The lowest BCUT2D eigenvalue weighted by atomic mass is 10.2. The summed E-state index contributed by atoms with van der Waals surface area (Å²) in [5, 5.41) is 7.99. The van der Waals surface area contributed by atoms with Crippen molar-refractivity contribution in [1.82, 2.24) is 10.1 Å². The van der Waals surface area contributed by atoms with Gasteiger partial charge in [0, 0.05) is 12.5 Å². The van der Waals surface area contributed by atoms with Gasteiger partial charge in [0.2, 0.25) is 5.89 Å². The lowest BCUT2D eigenvalue weighted by molar-refractivity contribution is 0.378. The summed E-state index contributed by atoms with van der Waals surface area (Å²) in [5.74, 6) is 1.35. The molecule has 1 atom stereocenters. The summed E-state index contributed by atoms with van der Waals surface area (Å²) in [6.45, 7) is 1.93. The fourth-order valence-corrected chi connectivity index (χ4v) is 1.97. The smallest absolute Gasteiger partial charge is 0.231 e. The van der Waals surface area contributed by atoms with Gasteiger partial charge in [0.15, 0.2) is 5.82 Å². The van der Waals surface area contributed by atoms with Gasteiger partial charge in [-0.05, 0) is 29.3 Å². The van der Waals surface area contributed by atoms with Gasteiger partial charge in [0.1, 0.15) is 0 Å². The molecule has 0 aliphatic carbocycles. The second-order valence-corrected chi connectivity index (χ2v) is 4.37. The lowest BCUT2D eigenvalue weighted by Crippen LogP contribution is -2.18. The van der Waals surface area contributed by atoms with E-state index in [1.807, 2.05) is 12.3 Å². The molecule has 4 nitrogen and oxygen atoms in total. The van der Waals surface area contributed by atoms with E-state index in [1.54, 1.807) is 11.3 Å². The Balaban J connectivity index is 2.01. The summed E-state index contributed by atoms with van der Waals surface area (Å²) < 4.78 is 5.13. The maximum atomic E-state index is 5.65. The molecule has 0 spiro atoms. The van der Waals surface area contributed by atoms with Gasteiger partial charge in [-0.25, -0.2) is 0 Å². The highest BCUT2D eigenvalue weighted by atomic mass is 32.1. The predicted octanol–water partition coefficient (Wildman–Crippen LogP) is 1.61. The van der Waals surface area contributed by atoms with Crippen molar-refractivity contribution in [1.29, 1.82) is 0 Å². The average molecular weight is 223 g/mol. The summed E-state index contributed by atoms with van der Waals surface area (Å²) in [6, 6.07) is 2.12. The first kappa shape index (κ1) is 10.3. The Hall–Kier alpha value is -1.20. The summed E-state index contributed by atoms with van der Waals surface area (Å²) in [4.78, 5) is 4.27. The van der Waals surface area contributed by atoms with Crippen molar-refractivity contribution in [3.63, 3.8) is 0 Å². The van der Waals surface area contributed by atoms with Crippen molar-refractivity contribution in [2.24, 2.45) is 5.73 Å². The number of hydrogen-bond acceptors (Lipinski definition) is 5. The van der Waals surface area contributed by atoms with E-state index >= 15 is 0 Å². The Morgan fingerprint density at radius 1 is 1.60 bits per heavy atom. The molecule has 0 aliphatic rings. The molecule has 0 aromatic carbocycles. The van der Waals surface area contributed by atoms with Crippen LogP contribution in [0.3, 0.4) is 0 Å². The zero-order chi connectivity index (χ0) is 10.7. The number of aromatic nitrogens is 2. The third-order valence-electron chi connectivity index (χ3n) is 1.95. The van der Waals surface area contributed by atoms with Gasteiger partial charge in [0.05, 0.1) is 6.42 Å². The van der Waals surface area contributed by atoms with E-state index in [1.165, 1.54) is 5.56 Å². The normalized spacial score (nSPS) is 12.9. The quantitative estimate of drug-likeness (QED) is 0.855. The Bertz CT molecular complexity index is 408. The average Bonchev–Trinajstić information content (AvgIpc) is 2.77. The topological polar surface area (TPSA) is 64.9 Å². The zero-order valence-electron chi connectivity index (χ0n) is 8.51. The zero-order valence-corrected chi connectivity index (χ0v) is 9.33. The monoisotopic (exact) mass is 223 g/mol. The largest absolute Gasteiger partial charge is 0.339 e. The van der Waals surface area contributed by atoms with Crippen LogP contribution >= 0.6 is 11.3 Å². The Morgan fingerprint density at radius 2 is 2.47 bits per heavy atom. The summed E-state index contributed by atoms with van der Waals surface area (Å²) in [5.41, 5.74) is 6.85. The van der Waals surface area contributed by atoms with Crippen LogP contribution in [0.5, 0.6) is 0 Å². The van der Waals surface area contributed by atoms with Gasteiger partial charge in [-0.3, -0.25) is 0 Å². The molecule has 0 saturated heterocycles. The number of rotatable bonds is 4. The van der Waals surface area contributed by atoms with Crippen LogP contribution in [0, 0.1) is 0 Å². The molecule has 0 aliphatic heterocycles. The molecule has 2 aromatic heterocycles. The van der Waals surface area contributed by atoms with E-state index in [2.05, 4.69) is 21.6 Å². The highest BCUT2D eigenvalue weighted by Gasteiger charge is 2.08. The lowest BCUT2D eigenvalue weighted by Gasteiger charge is -1.96. The highest BCUT2D eigenvalue weighted by molar-refractivity contribution is 7.07. The minimum atomic E-state index is 0.0663. The molecular weight excluding hydrogens is 210 g/mol. The van der Waals surface area contributed by atoms with Gasteiger partial charge in [-0.15, -0.1) is 0 Å². The van der Waals surface area contributed by atoms with Crippen molar-refractivity contribution < 1.29 is 4.52 Å². The molecule has 2 heterocycles. The van der Waals surface area contributed by atoms with Gasteiger partial charge in [-0.1, -0.05) is 5.16 Å². The number of hydrogen-bond donors (Lipinski definition) is 1. The molecule has 0 bridgehead atoms. The first-order valence-corrected chi connectivity index (χ1v) is 5.76. The molecule has 5 heteroatoms. The van der Waals surface area contributed by atoms with Crippen LogP contribution in [0.4, 0.5) is 0 Å². The van der Waals surface area contributed by atoms with Crippen molar-refractivity contribution in [2.45, 2.75) is 25.8 Å². The fourth-order valence-electron chi connectivity index (χ4n) is 1.30. The Labute approximate surface area is 92.1 Å². The van der Waals surface area contributed by atoms with E-state index in [0.717, 1.165) is 0 Å². The van der Waals surface area contributed by atoms with Crippen LogP contribution in [-0.2, 0) is 12.8 Å². The second-order valence-electron chi connectivity index (χ2n) is 3.59. The molecule has 0 saturated carbocycles. The van der Waals surface area contributed by atoms with E-state index in [0.29, 0.717) is 24.6 Å². The summed E-state index contributed by atoms with van der Waals surface area (Å²) in [6.07, 6.45) is 1.36. The van der Waals surface area contributed by atoms with Crippen LogP contribution in [0.2, 0.25) is 0 Å². The van der Waals surface area contributed by atoms with Crippen LogP contribution < -0.4 is 5.73 Å². The predicted molar refractivity (Wildman–Crippen MR) is 58.8 cm³/mol. The molecule has 1 unspecified atom stereocenters. The van der Waals surface area contributed by atoms with Crippen molar-refractivity contribution in [2.75, 3.05) is 0 Å². The second kappa shape index (κ2) is 4.55. The maximum absolute atomic E-state index is 5.65. The minimum Gasteiger partial charge on any atom is -0.339 e. The van der Waals surface area contributed by atoms with Crippen molar-refractivity contribution in [3.8, 4) is 0 Å². The highest BCUT2D eigenvalue weighted by Crippen LogP contribution is 2.11. The molecule has 2 N–H and O–H groups in total. The number of nitrogens with zero attached hydrogens (tertiary/aromatic N) is 2. The Morgan fingerprint density at radius 3 is 3.13 bits per heavy atom. The molecule has 2 aromatic rings. The van der Waals surface area contributed by atoms with Crippen molar-refractivity contribution in [3.05, 3.63) is 34.1 Å². The Kier molecular flexibility index (Phi) is 3.13. The number of nitrogens with two attached hydrogens (primary N) is 1. The molecule has 15 heavy (non-hydrogen) atoms. The van der Waals surface area contributed by atoms with Gasteiger partial charge < -0.3 is 10.3 Å². The minimum absolute atomic E-state index is 0.0663. The van der Waals surface area contributed by atoms with Gasteiger partial charge in [0.25, 0.3) is 0 Å². The van der Waals surface area contributed by atoms with Crippen LogP contribution in [0.1, 0.15) is 24.2 Å². The molecule has 2 rings (SSSR count). The molecule has 0 fully saturated rings.